The fourth-order valence-electron chi connectivity index (χ4n) is 1.01. The Balaban J connectivity index is 0.000000791. The molecule has 0 saturated heterocycles. The van der Waals surface area contributed by atoms with E-state index in [4.69, 9.17) is 10.5 Å². The minimum atomic E-state index is -0.433. The Hall–Kier alpha value is -1.51. The van der Waals surface area contributed by atoms with Gasteiger partial charge in [-0.3, -0.25) is 4.79 Å². The fraction of sp³-hybridized carbons (Fsp3) is 0.364. The normalized spacial score (nSPS) is 8.57. The number of nitrogens with two attached hydrogens (primary N) is 1. The highest BCUT2D eigenvalue weighted by Gasteiger charge is 2.02. The Morgan fingerprint density at radius 3 is 2.29 bits per heavy atom. The second-order valence-electron chi connectivity index (χ2n) is 2.60. The van der Waals surface area contributed by atoms with Crippen LogP contribution in [-0.2, 0) is 0 Å². The molecule has 3 nitrogen and oxygen atoms in total. The standard InChI is InChI=1S/C9H11NO2.C2H6/c1-6-3-7(9(10)11)5-8(4-6)12-2;1-2/h3-5H,1-2H3,(H2,10,11);1-2H3. The third kappa shape index (κ3) is 3.47. The highest BCUT2D eigenvalue weighted by atomic mass is 16.5. The molecule has 0 aliphatic heterocycles. The minimum absolute atomic E-state index is 0.433. The number of hydrogen-bond donors (Lipinski definition) is 1. The third-order valence-electron chi connectivity index (χ3n) is 1.57. The molecule has 78 valence electrons. The van der Waals surface area contributed by atoms with Crippen molar-refractivity contribution in [1.82, 2.24) is 0 Å². The number of carbonyl (C=O) groups excluding carboxylic acids is 1. The van der Waals surface area contributed by atoms with E-state index in [1.807, 2.05) is 26.8 Å². The van der Waals surface area contributed by atoms with Gasteiger partial charge in [-0.25, -0.2) is 0 Å². The molecular weight excluding hydrogens is 178 g/mol. The lowest BCUT2D eigenvalue weighted by Crippen LogP contribution is -2.11. The summed E-state index contributed by atoms with van der Waals surface area (Å²) in [4.78, 5) is 10.8. The smallest absolute Gasteiger partial charge is 0.248 e. The van der Waals surface area contributed by atoms with Crippen molar-refractivity contribution in [3.8, 4) is 5.75 Å². The van der Waals surface area contributed by atoms with Crippen LogP contribution in [0.2, 0.25) is 0 Å². The molecule has 0 saturated carbocycles. The molecular formula is C11H17NO2. The van der Waals surface area contributed by atoms with E-state index in [9.17, 15) is 4.79 Å². The molecule has 0 fully saturated rings. The van der Waals surface area contributed by atoms with Crippen molar-refractivity contribution in [1.29, 1.82) is 0 Å². The van der Waals surface area contributed by atoms with Gasteiger partial charge >= 0.3 is 0 Å². The lowest BCUT2D eigenvalue weighted by molar-refractivity contribution is 0.1000. The van der Waals surface area contributed by atoms with Crippen LogP contribution in [0.3, 0.4) is 0 Å². The Bertz CT molecular complexity index is 308. The van der Waals surface area contributed by atoms with Crippen molar-refractivity contribution in [2.75, 3.05) is 7.11 Å². The Morgan fingerprint density at radius 2 is 1.86 bits per heavy atom. The summed E-state index contributed by atoms with van der Waals surface area (Å²) in [5.74, 6) is 0.223. The SMILES string of the molecule is CC.COc1cc(C)cc(C(N)=O)c1. The first-order chi connectivity index (χ1) is 6.63. The fourth-order valence-corrected chi connectivity index (χ4v) is 1.01. The summed E-state index contributed by atoms with van der Waals surface area (Å²) in [5.41, 5.74) is 6.55. The summed E-state index contributed by atoms with van der Waals surface area (Å²) in [6.45, 7) is 5.88. The number of aryl methyl sites for hydroxylation is 1. The first-order valence-electron chi connectivity index (χ1n) is 4.59. The second kappa shape index (κ2) is 6.02. The summed E-state index contributed by atoms with van der Waals surface area (Å²) in [5, 5.41) is 0. The molecule has 1 rings (SSSR count). The lowest BCUT2D eigenvalue weighted by atomic mass is 10.1. The Morgan fingerprint density at radius 1 is 1.29 bits per heavy atom. The van der Waals surface area contributed by atoms with Gasteiger partial charge in [0.2, 0.25) is 5.91 Å². The van der Waals surface area contributed by atoms with Gasteiger partial charge < -0.3 is 10.5 Å². The zero-order chi connectivity index (χ0) is 11.1. The summed E-state index contributed by atoms with van der Waals surface area (Å²) in [6.07, 6.45) is 0. The van der Waals surface area contributed by atoms with E-state index < -0.39 is 5.91 Å². The van der Waals surface area contributed by atoms with Crippen LogP contribution in [0.25, 0.3) is 0 Å². The van der Waals surface area contributed by atoms with Crippen LogP contribution in [0, 0.1) is 6.92 Å². The van der Waals surface area contributed by atoms with E-state index in [-0.39, 0.29) is 0 Å². The van der Waals surface area contributed by atoms with E-state index in [1.165, 1.54) is 0 Å². The molecule has 1 amide bonds. The number of benzene rings is 1. The van der Waals surface area contributed by atoms with Crippen molar-refractivity contribution in [3.05, 3.63) is 29.3 Å². The van der Waals surface area contributed by atoms with Crippen molar-refractivity contribution >= 4 is 5.91 Å². The van der Waals surface area contributed by atoms with Gasteiger partial charge in [0.05, 0.1) is 7.11 Å². The topological polar surface area (TPSA) is 52.3 Å². The van der Waals surface area contributed by atoms with Crippen molar-refractivity contribution in [3.63, 3.8) is 0 Å². The summed E-state index contributed by atoms with van der Waals surface area (Å²) < 4.78 is 4.98. The van der Waals surface area contributed by atoms with Crippen LogP contribution in [0.4, 0.5) is 0 Å². The molecule has 1 aromatic carbocycles. The van der Waals surface area contributed by atoms with E-state index in [2.05, 4.69) is 0 Å². The van der Waals surface area contributed by atoms with E-state index >= 15 is 0 Å². The first-order valence-corrected chi connectivity index (χ1v) is 4.59. The molecule has 1 aromatic rings. The monoisotopic (exact) mass is 195 g/mol. The molecule has 0 heterocycles. The summed E-state index contributed by atoms with van der Waals surface area (Å²) >= 11 is 0. The Kier molecular flexibility index (Phi) is 5.37. The maximum absolute atomic E-state index is 10.8. The number of rotatable bonds is 2. The maximum atomic E-state index is 10.8. The first kappa shape index (κ1) is 12.5. The molecule has 0 aliphatic rings. The number of amides is 1. The average Bonchev–Trinajstić information content (AvgIpc) is 2.20. The van der Waals surface area contributed by atoms with Crippen LogP contribution in [0.15, 0.2) is 18.2 Å². The van der Waals surface area contributed by atoms with Gasteiger partial charge in [-0.1, -0.05) is 13.8 Å². The van der Waals surface area contributed by atoms with Crippen LogP contribution in [0.1, 0.15) is 29.8 Å². The molecule has 0 bridgehead atoms. The molecule has 3 heteroatoms. The maximum Gasteiger partial charge on any atom is 0.248 e. The van der Waals surface area contributed by atoms with E-state index in [0.717, 1.165) is 5.56 Å². The molecule has 0 unspecified atom stereocenters. The number of methoxy groups -OCH3 is 1. The molecule has 0 spiro atoms. The zero-order valence-corrected chi connectivity index (χ0v) is 9.13. The van der Waals surface area contributed by atoms with E-state index in [0.29, 0.717) is 11.3 Å². The number of hydrogen-bond acceptors (Lipinski definition) is 2. The van der Waals surface area contributed by atoms with Crippen LogP contribution in [0.5, 0.6) is 5.75 Å². The van der Waals surface area contributed by atoms with Gasteiger partial charge in [0, 0.05) is 5.56 Å². The molecule has 0 radical (unpaired) electrons. The van der Waals surface area contributed by atoms with Gasteiger partial charge in [0.1, 0.15) is 5.75 Å². The predicted octanol–water partition coefficient (Wildman–Crippen LogP) is 2.13. The predicted molar refractivity (Wildman–Crippen MR) is 57.6 cm³/mol. The van der Waals surface area contributed by atoms with Crippen LogP contribution < -0.4 is 10.5 Å². The minimum Gasteiger partial charge on any atom is -0.497 e. The van der Waals surface area contributed by atoms with E-state index in [1.54, 1.807) is 19.2 Å². The molecule has 0 atom stereocenters. The van der Waals surface area contributed by atoms with Crippen molar-refractivity contribution < 1.29 is 9.53 Å². The molecule has 14 heavy (non-hydrogen) atoms. The van der Waals surface area contributed by atoms with Gasteiger partial charge in [-0.15, -0.1) is 0 Å². The number of primary amides is 1. The third-order valence-corrected chi connectivity index (χ3v) is 1.57. The summed E-state index contributed by atoms with van der Waals surface area (Å²) in [7, 11) is 1.56. The molecule has 2 N–H and O–H groups in total. The van der Waals surface area contributed by atoms with Gasteiger partial charge in [-0.05, 0) is 30.7 Å². The Labute approximate surface area is 84.9 Å². The van der Waals surface area contributed by atoms with Gasteiger partial charge in [0.25, 0.3) is 0 Å². The second-order valence-corrected chi connectivity index (χ2v) is 2.60. The van der Waals surface area contributed by atoms with Gasteiger partial charge in [-0.2, -0.15) is 0 Å². The molecule has 0 aliphatic carbocycles. The van der Waals surface area contributed by atoms with Crippen molar-refractivity contribution in [2.45, 2.75) is 20.8 Å². The lowest BCUT2D eigenvalue weighted by Gasteiger charge is -2.03. The van der Waals surface area contributed by atoms with Gasteiger partial charge in [0.15, 0.2) is 0 Å². The summed E-state index contributed by atoms with van der Waals surface area (Å²) in [6, 6.07) is 5.19. The quantitative estimate of drug-likeness (QED) is 0.785. The average molecular weight is 195 g/mol. The largest absolute Gasteiger partial charge is 0.497 e. The highest BCUT2D eigenvalue weighted by Crippen LogP contribution is 2.15. The highest BCUT2D eigenvalue weighted by molar-refractivity contribution is 5.93. The number of carbonyl (C=O) groups is 1. The zero-order valence-electron chi connectivity index (χ0n) is 9.13. The number of ether oxygens (including phenoxy) is 1. The molecule has 0 aromatic heterocycles. The van der Waals surface area contributed by atoms with Crippen LogP contribution in [-0.4, -0.2) is 13.0 Å². The van der Waals surface area contributed by atoms with Crippen LogP contribution >= 0.6 is 0 Å². The van der Waals surface area contributed by atoms with Crippen molar-refractivity contribution in [2.24, 2.45) is 5.73 Å².